The topological polar surface area (TPSA) is 297 Å². The first-order valence-corrected chi connectivity index (χ1v) is 52.5. The molecule has 752 valence electrons. The van der Waals surface area contributed by atoms with Gasteiger partial charge in [0.05, 0.1) is 28.4 Å². The number of methoxy groups -OCH3 is 4. The van der Waals surface area contributed by atoms with Crippen molar-refractivity contribution in [1.29, 1.82) is 0 Å². The second kappa shape index (κ2) is 53.4. The van der Waals surface area contributed by atoms with Gasteiger partial charge in [0, 0.05) is 94.4 Å². The van der Waals surface area contributed by atoms with E-state index in [2.05, 4.69) is 52.0 Å². The van der Waals surface area contributed by atoms with Gasteiger partial charge in [-0.1, -0.05) is 259 Å². The molecule has 9 aliphatic rings. The Hall–Kier alpha value is -9.76. The van der Waals surface area contributed by atoms with E-state index in [1.165, 1.54) is 99.4 Å². The Morgan fingerprint density at radius 3 is 0.574 bits per heavy atom. The van der Waals surface area contributed by atoms with Crippen LogP contribution in [0.2, 0.25) is 0 Å². The number of likely N-dealkylation sites (tertiary alicyclic amines) is 4. The molecule has 8 heterocycles. The number of hydrogen-bond donors (Lipinski definition) is 0. The summed E-state index contributed by atoms with van der Waals surface area (Å²) in [5, 5.41) is 0. The third kappa shape index (κ3) is 25.8. The number of ether oxygens (including phenoxy) is 16. The molecule has 8 bridgehead atoms. The molecule has 0 N–H and O–H groups in total. The summed E-state index contributed by atoms with van der Waals surface area (Å²) in [6.45, 7) is 5.85. The number of benzene rings is 4. The monoisotopic (exact) mass is 1890 g/mol. The zero-order valence-electron chi connectivity index (χ0n) is 82.9. The molecule has 4 aromatic carbocycles. The highest BCUT2D eigenvalue weighted by atomic mass is 16.7. The van der Waals surface area contributed by atoms with Crippen LogP contribution in [-0.4, -0.2) is 199 Å². The molecule has 1 aliphatic carbocycles. The van der Waals surface area contributed by atoms with Crippen LogP contribution in [0.1, 0.15) is 404 Å². The van der Waals surface area contributed by atoms with E-state index < -0.39 is 149 Å². The van der Waals surface area contributed by atoms with Gasteiger partial charge in [0.15, 0.2) is 72.4 Å². The largest absolute Gasteiger partial charge is 0.476 e. The van der Waals surface area contributed by atoms with Gasteiger partial charge in [-0.15, -0.1) is 0 Å². The SMILES string of the molecule is CCCCCCCCCCCC1c2cc3c4c(OCC(=O)N5CCCC5C(=O)OC)c2OCOc2c1cc1c(c2OCC(=O)N2CCCC2C(=O)OC)OCOc2c(cc5c(c2OCC(=O)N2CCCC2C(=O)OC)OCOc2c(cc(c(c2OCC(=O)N2CCCC2C(=O)OC)OCO4)C3CCCCCCCCCCC)C5CCCCCCCCCCC)C1CCCCCCCCCCC. The maximum atomic E-state index is 15.4. The molecule has 13 rings (SSSR count). The number of hydrogen-bond acceptors (Lipinski definition) is 24. The molecule has 28 heteroatoms. The van der Waals surface area contributed by atoms with E-state index in [1.54, 1.807) is 0 Å². The fourth-order valence-corrected chi connectivity index (χ4v) is 22.2. The predicted octanol–water partition coefficient (Wildman–Crippen LogP) is 21.3. The first kappa shape index (κ1) is 104. The van der Waals surface area contributed by atoms with Gasteiger partial charge in [-0.05, 0) is 101 Å². The number of amides is 4. The number of rotatable bonds is 56. The van der Waals surface area contributed by atoms with Crippen LogP contribution in [0.4, 0.5) is 0 Å². The number of esters is 4. The molecule has 4 aromatic rings. The van der Waals surface area contributed by atoms with Crippen molar-refractivity contribution in [3.8, 4) is 69.0 Å². The van der Waals surface area contributed by atoms with Gasteiger partial charge in [0.25, 0.3) is 23.6 Å². The lowest BCUT2D eigenvalue weighted by Gasteiger charge is -2.37. The number of carbonyl (C=O) groups is 8. The second-order valence-corrected chi connectivity index (χ2v) is 38.7. The lowest BCUT2D eigenvalue weighted by atomic mass is 9.75. The van der Waals surface area contributed by atoms with E-state index in [4.69, 9.17) is 75.8 Å². The van der Waals surface area contributed by atoms with Crippen molar-refractivity contribution in [2.75, 3.05) is 108 Å². The number of nitrogens with zero attached hydrogens (tertiary/aromatic N) is 4. The van der Waals surface area contributed by atoms with Crippen molar-refractivity contribution in [3.05, 3.63) is 68.8 Å². The molecule has 4 amide bonds. The average molecular weight is 1890 g/mol. The maximum Gasteiger partial charge on any atom is 0.328 e. The van der Waals surface area contributed by atoms with Crippen LogP contribution in [0.5, 0.6) is 69.0 Å². The summed E-state index contributed by atoms with van der Waals surface area (Å²) >= 11 is 0. The van der Waals surface area contributed by atoms with Gasteiger partial charge in [-0.3, -0.25) is 19.2 Å². The quantitative estimate of drug-likeness (QED) is 0.0225. The summed E-state index contributed by atoms with van der Waals surface area (Å²) in [6, 6.07) is 5.42. The molecule has 28 nitrogen and oxygen atoms in total. The third-order valence-electron chi connectivity index (χ3n) is 29.6. The minimum absolute atomic E-state index is 0.107. The van der Waals surface area contributed by atoms with Crippen molar-refractivity contribution >= 4 is 47.5 Å². The molecule has 136 heavy (non-hydrogen) atoms. The van der Waals surface area contributed by atoms with Crippen LogP contribution in [0.3, 0.4) is 0 Å². The molecule has 8 aliphatic heterocycles. The molecular weight excluding hydrogens is 1740 g/mol. The van der Waals surface area contributed by atoms with Gasteiger partial charge < -0.3 is 95.4 Å². The molecule has 4 atom stereocenters. The Balaban J connectivity index is 1.13. The van der Waals surface area contributed by atoms with Crippen LogP contribution in [0.25, 0.3) is 0 Å². The van der Waals surface area contributed by atoms with Gasteiger partial charge in [0.1, 0.15) is 24.2 Å². The Morgan fingerprint density at radius 2 is 0.412 bits per heavy atom. The summed E-state index contributed by atoms with van der Waals surface area (Å²) < 4.78 is 109. The normalized spacial score (nSPS) is 19.8. The molecule has 0 radical (unpaired) electrons. The van der Waals surface area contributed by atoms with Crippen LogP contribution in [0, 0.1) is 0 Å². The van der Waals surface area contributed by atoms with Gasteiger partial charge in [-0.2, -0.15) is 0 Å². The van der Waals surface area contributed by atoms with Crippen molar-refractivity contribution in [2.45, 2.75) is 384 Å². The Labute approximate surface area is 806 Å². The van der Waals surface area contributed by atoms with E-state index in [0.717, 1.165) is 154 Å². The van der Waals surface area contributed by atoms with Crippen molar-refractivity contribution in [1.82, 2.24) is 19.6 Å². The van der Waals surface area contributed by atoms with E-state index in [9.17, 15) is 19.2 Å². The summed E-state index contributed by atoms with van der Waals surface area (Å²) in [5.74, 6) is -4.44. The highest BCUT2D eigenvalue weighted by molar-refractivity contribution is 5.89. The molecule has 4 saturated heterocycles. The fraction of sp³-hybridized carbons (Fsp3) is 0.704. The maximum absolute atomic E-state index is 15.4. The molecule has 4 fully saturated rings. The number of unbranched alkanes of at least 4 members (excludes halogenated alkanes) is 32. The first-order chi connectivity index (χ1) is 66.6. The van der Waals surface area contributed by atoms with E-state index in [-0.39, 0.29) is 95.2 Å². The third-order valence-corrected chi connectivity index (χ3v) is 29.6. The zero-order valence-corrected chi connectivity index (χ0v) is 82.9. The Bertz CT molecular complexity index is 3920. The average Bonchev–Trinajstić information content (AvgIpc) is 0.932. The van der Waals surface area contributed by atoms with Gasteiger partial charge >= 0.3 is 23.9 Å². The zero-order chi connectivity index (χ0) is 95.7. The van der Waals surface area contributed by atoms with Gasteiger partial charge in [0.2, 0.25) is 50.2 Å². The van der Waals surface area contributed by atoms with Crippen LogP contribution >= 0.6 is 0 Å². The van der Waals surface area contributed by atoms with E-state index in [1.807, 2.05) is 0 Å². The lowest BCUT2D eigenvalue weighted by Crippen LogP contribution is -2.43. The number of carbonyl (C=O) groups excluding carboxylic acids is 8. The molecular formula is C108H156N4O24. The molecule has 0 saturated carbocycles. The smallest absolute Gasteiger partial charge is 0.328 e. The lowest BCUT2D eigenvalue weighted by molar-refractivity contribution is -0.151. The Kier molecular flexibility index (Phi) is 40.7. The molecule has 4 unspecified atom stereocenters. The summed E-state index contributed by atoms with van der Waals surface area (Å²) in [6.07, 6.45) is 42.8. The summed E-state index contributed by atoms with van der Waals surface area (Å²) in [4.78, 5) is 122. The highest BCUT2D eigenvalue weighted by Crippen LogP contribution is 2.63. The first-order valence-electron chi connectivity index (χ1n) is 52.5. The predicted molar refractivity (Wildman–Crippen MR) is 514 cm³/mol. The van der Waals surface area contributed by atoms with Crippen molar-refractivity contribution in [3.63, 3.8) is 0 Å². The van der Waals surface area contributed by atoms with Crippen LogP contribution in [0.15, 0.2) is 24.3 Å². The molecule has 0 spiro atoms. The molecule has 0 aromatic heterocycles. The summed E-state index contributed by atoms with van der Waals surface area (Å²) in [5.41, 5.74) is 5.36. The van der Waals surface area contributed by atoms with E-state index >= 15 is 19.2 Å². The van der Waals surface area contributed by atoms with E-state index in [0.29, 0.717) is 147 Å². The van der Waals surface area contributed by atoms with Crippen LogP contribution in [-0.2, 0) is 57.3 Å². The van der Waals surface area contributed by atoms with Crippen LogP contribution < -0.4 is 56.8 Å². The standard InChI is InChI=1S/C108H156N4O24/c1-9-13-17-21-25-29-33-37-41-49-73-77-61-79-74(50-42-38-34-30-26-22-18-14-10-2)81-63-83-76(52-44-40-36-32-28-24-20-16-12-4)84-64-82-75(51-43-39-35-31-27-23-19-15-11-3)80-62-78(73)94-102(126-66-90(114)110-58-46-54-86(110)106(118)122-6)96(80)132-71-134-98(82)104(128-68-92(116)112-60-48-56-88(112)108(120)124-8)100(84)136-72-135-99(83)103(127-67-91(115)111-59-47-55-87(111)107(119)123-7)97(81)133-70-131-95(79)101(93(77)129-69-130-94)125-65-89(113)109-57-45-53-85(109)105(117)121-5/h61-64,73-76,85-88H,9-60,65-72H2,1-8H3. The highest BCUT2D eigenvalue weighted by Gasteiger charge is 2.47. The summed E-state index contributed by atoms with van der Waals surface area (Å²) in [7, 11) is 5.31. The second-order valence-electron chi connectivity index (χ2n) is 38.7. The van der Waals surface area contributed by atoms with Crippen molar-refractivity contribution < 1.29 is 114 Å². The minimum Gasteiger partial charge on any atom is -0.476 e. The minimum atomic E-state index is -0.848. The fourth-order valence-electron chi connectivity index (χ4n) is 22.2. The van der Waals surface area contributed by atoms with Crippen molar-refractivity contribution in [2.24, 2.45) is 0 Å². The Morgan fingerprint density at radius 1 is 0.250 bits per heavy atom. The van der Waals surface area contributed by atoms with Gasteiger partial charge in [-0.25, -0.2) is 19.2 Å².